The van der Waals surface area contributed by atoms with Crippen molar-refractivity contribution in [1.29, 1.82) is 0 Å². The Labute approximate surface area is 196 Å². The van der Waals surface area contributed by atoms with Crippen LogP contribution in [0.5, 0.6) is 0 Å². The van der Waals surface area contributed by atoms with Crippen LogP contribution in [-0.4, -0.2) is 42.4 Å². The smallest absolute Gasteiger partial charge is 0.351 e. The molecule has 8 heteroatoms. The molecule has 0 aliphatic heterocycles. The lowest BCUT2D eigenvalue weighted by atomic mass is 10.1. The van der Waals surface area contributed by atoms with Crippen molar-refractivity contribution in [1.82, 2.24) is 9.97 Å². The van der Waals surface area contributed by atoms with Crippen LogP contribution in [0.2, 0.25) is 0 Å². The summed E-state index contributed by atoms with van der Waals surface area (Å²) >= 11 is 0. The van der Waals surface area contributed by atoms with E-state index in [1.165, 1.54) is 6.07 Å². The number of hydrogen-bond donors (Lipinski definition) is 0. The molecule has 0 saturated carbocycles. The molecule has 174 valence electrons. The number of aryl methyl sites for hydroxylation is 1. The lowest BCUT2D eigenvalue weighted by Gasteiger charge is -2.08. The molecule has 0 N–H and O–H groups in total. The molecule has 34 heavy (non-hydrogen) atoms. The van der Waals surface area contributed by atoms with Crippen LogP contribution in [0.15, 0.2) is 76.2 Å². The van der Waals surface area contributed by atoms with Gasteiger partial charge in [0, 0.05) is 17.8 Å². The Morgan fingerprint density at radius 1 is 0.882 bits per heavy atom. The van der Waals surface area contributed by atoms with E-state index in [9.17, 15) is 9.59 Å². The number of fused-ring (bicyclic) bond motifs is 1. The number of aromatic nitrogens is 2. The summed E-state index contributed by atoms with van der Waals surface area (Å²) in [6.45, 7) is 3.35. The third-order valence-corrected chi connectivity index (χ3v) is 4.97. The van der Waals surface area contributed by atoms with Crippen molar-refractivity contribution < 1.29 is 23.4 Å². The van der Waals surface area contributed by atoms with Crippen molar-refractivity contribution in [2.45, 2.75) is 13.5 Å². The highest BCUT2D eigenvalue weighted by atomic mass is 16.6. The quantitative estimate of drug-likeness (QED) is 0.199. The number of ether oxygens (including phenoxy) is 3. The molecule has 4 aromatic rings. The summed E-state index contributed by atoms with van der Waals surface area (Å²) < 4.78 is 21.4. The Hall–Kier alpha value is -3.88. The van der Waals surface area contributed by atoms with Crippen LogP contribution in [0.1, 0.15) is 21.5 Å². The van der Waals surface area contributed by atoms with Crippen LogP contribution < -0.4 is 5.63 Å². The van der Waals surface area contributed by atoms with Crippen LogP contribution in [-0.2, 0) is 20.8 Å². The van der Waals surface area contributed by atoms with E-state index in [2.05, 4.69) is 9.97 Å². The van der Waals surface area contributed by atoms with Gasteiger partial charge < -0.3 is 18.6 Å². The minimum atomic E-state index is -0.740. The van der Waals surface area contributed by atoms with Crippen molar-refractivity contribution in [3.63, 3.8) is 0 Å². The van der Waals surface area contributed by atoms with Crippen LogP contribution in [0.25, 0.3) is 22.4 Å². The predicted octanol–water partition coefficient (Wildman–Crippen LogP) is 3.95. The molecular formula is C26H24N2O6. The Balaban J connectivity index is 1.15. The Kier molecular flexibility index (Phi) is 7.75. The molecule has 0 atom stereocenters. The second-order valence-electron chi connectivity index (χ2n) is 7.55. The number of rotatable bonds is 10. The standard InChI is InChI=1S/C26H24N2O6/c1-18-6-8-27-22(14-18)23-15-19(7-9-28-23)17-32-11-10-31-12-13-33-25(29)21-16-20-4-2-3-5-24(20)34-26(21)30/h2-9,14-16H,10-13,17H2,1H3. The van der Waals surface area contributed by atoms with Crippen molar-refractivity contribution in [2.75, 3.05) is 26.4 Å². The van der Waals surface area contributed by atoms with Crippen molar-refractivity contribution in [3.8, 4) is 11.4 Å². The first kappa shape index (κ1) is 23.3. The Morgan fingerprint density at radius 2 is 1.62 bits per heavy atom. The lowest BCUT2D eigenvalue weighted by molar-refractivity contribution is 0.0115. The van der Waals surface area contributed by atoms with E-state index < -0.39 is 11.6 Å². The van der Waals surface area contributed by atoms with E-state index in [0.717, 1.165) is 22.5 Å². The topological polar surface area (TPSA) is 101 Å². The minimum Gasteiger partial charge on any atom is -0.459 e. The van der Waals surface area contributed by atoms with Crippen molar-refractivity contribution in [3.05, 3.63) is 94.1 Å². The Bertz CT molecular complexity index is 1330. The van der Waals surface area contributed by atoms with Gasteiger partial charge in [0.1, 0.15) is 17.8 Å². The number of benzene rings is 1. The fraction of sp³-hybridized carbons (Fsp3) is 0.231. The van der Waals surface area contributed by atoms with Gasteiger partial charge in [0.05, 0.1) is 37.8 Å². The molecule has 0 spiro atoms. The highest BCUT2D eigenvalue weighted by Gasteiger charge is 2.15. The molecule has 4 rings (SSSR count). The van der Waals surface area contributed by atoms with Gasteiger partial charge in [0.15, 0.2) is 0 Å². The van der Waals surface area contributed by atoms with Gasteiger partial charge in [-0.05, 0) is 54.4 Å². The number of pyridine rings is 2. The van der Waals surface area contributed by atoms with Crippen LogP contribution in [0.3, 0.4) is 0 Å². The summed E-state index contributed by atoms with van der Waals surface area (Å²) in [6, 6.07) is 16.2. The normalized spacial score (nSPS) is 11.0. The maximum Gasteiger partial charge on any atom is 0.351 e. The number of nitrogens with zero attached hydrogens (tertiary/aromatic N) is 2. The molecule has 1 aromatic carbocycles. The molecular weight excluding hydrogens is 436 g/mol. The van der Waals surface area contributed by atoms with Crippen LogP contribution >= 0.6 is 0 Å². The first-order valence-electron chi connectivity index (χ1n) is 10.8. The molecule has 3 aromatic heterocycles. The minimum absolute atomic E-state index is 0.0162. The molecule has 0 radical (unpaired) electrons. The van der Waals surface area contributed by atoms with E-state index in [1.54, 1.807) is 36.7 Å². The van der Waals surface area contributed by atoms with Crippen molar-refractivity contribution in [2.24, 2.45) is 0 Å². The fourth-order valence-electron chi connectivity index (χ4n) is 3.27. The third-order valence-electron chi connectivity index (χ3n) is 4.97. The molecule has 0 saturated heterocycles. The number of hydrogen-bond acceptors (Lipinski definition) is 8. The number of carbonyl (C=O) groups excluding carboxylic acids is 1. The summed E-state index contributed by atoms with van der Waals surface area (Å²) in [6.07, 6.45) is 3.50. The van der Waals surface area contributed by atoms with E-state index in [0.29, 0.717) is 30.8 Å². The van der Waals surface area contributed by atoms with E-state index in [-0.39, 0.29) is 18.8 Å². The molecule has 0 amide bonds. The lowest BCUT2D eigenvalue weighted by Crippen LogP contribution is -2.19. The number of esters is 1. The molecule has 3 heterocycles. The summed E-state index contributed by atoms with van der Waals surface area (Å²) in [5, 5.41) is 0.652. The molecule has 0 unspecified atom stereocenters. The number of carbonyl (C=O) groups is 1. The highest BCUT2D eigenvalue weighted by Crippen LogP contribution is 2.17. The van der Waals surface area contributed by atoms with Crippen molar-refractivity contribution >= 4 is 16.9 Å². The number of para-hydroxylation sites is 1. The third kappa shape index (κ3) is 6.12. The van der Waals surface area contributed by atoms with Crippen LogP contribution in [0.4, 0.5) is 0 Å². The predicted molar refractivity (Wildman–Crippen MR) is 125 cm³/mol. The van der Waals surface area contributed by atoms with Crippen LogP contribution in [0, 0.1) is 6.92 Å². The van der Waals surface area contributed by atoms with Gasteiger partial charge in [-0.2, -0.15) is 0 Å². The first-order chi connectivity index (χ1) is 16.6. The average Bonchev–Trinajstić information content (AvgIpc) is 2.85. The Morgan fingerprint density at radius 3 is 2.47 bits per heavy atom. The second-order valence-corrected chi connectivity index (χ2v) is 7.55. The molecule has 0 bridgehead atoms. The van der Waals surface area contributed by atoms with Gasteiger partial charge in [0.25, 0.3) is 0 Å². The summed E-state index contributed by atoms with van der Waals surface area (Å²) in [5.41, 5.74) is 3.27. The SMILES string of the molecule is Cc1ccnc(-c2cc(COCCOCCOC(=O)c3cc4ccccc4oc3=O)ccn2)c1. The van der Waals surface area contributed by atoms with Gasteiger partial charge in [-0.15, -0.1) is 0 Å². The maximum absolute atomic E-state index is 12.2. The zero-order valence-electron chi connectivity index (χ0n) is 18.7. The summed E-state index contributed by atoms with van der Waals surface area (Å²) in [5.74, 6) is -0.740. The molecule has 0 aliphatic rings. The first-order valence-corrected chi connectivity index (χ1v) is 10.8. The van der Waals surface area contributed by atoms with Gasteiger partial charge in [-0.25, -0.2) is 9.59 Å². The maximum atomic E-state index is 12.2. The zero-order valence-corrected chi connectivity index (χ0v) is 18.7. The average molecular weight is 460 g/mol. The fourth-order valence-corrected chi connectivity index (χ4v) is 3.27. The monoisotopic (exact) mass is 460 g/mol. The molecule has 8 nitrogen and oxygen atoms in total. The van der Waals surface area contributed by atoms with E-state index >= 15 is 0 Å². The zero-order chi connectivity index (χ0) is 23.8. The summed E-state index contributed by atoms with van der Waals surface area (Å²) in [4.78, 5) is 32.9. The molecule has 0 aliphatic carbocycles. The van der Waals surface area contributed by atoms with Gasteiger partial charge >= 0.3 is 11.6 Å². The van der Waals surface area contributed by atoms with E-state index in [4.69, 9.17) is 18.6 Å². The van der Waals surface area contributed by atoms with E-state index in [1.807, 2.05) is 31.2 Å². The van der Waals surface area contributed by atoms with Gasteiger partial charge in [-0.1, -0.05) is 18.2 Å². The highest BCUT2D eigenvalue weighted by molar-refractivity contribution is 5.92. The van der Waals surface area contributed by atoms with Gasteiger partial charge in [0.2, 0.25) is 0 Å². The summed E-state index contributed by atoms with van der Waals surface area (Å²) in [7, 11) is 0. The molecule has 0 fully saturated rings. The van der Waals surface area contributed by atoms with Gasteiger partial charge in [-0.3, -0.25) is 9.97 Å². The largest absolute Gasteiger partial charge is 0.459 e. The second kappa shape index (κ2) is 11.3.